The molecule has 1 spiro atoms. The first kappa shape index (κ1) is 16.1. The number of aliphatic hydroxyl groups is 1. The highest BCUT2D eigenvalue weighted by atomic mass is 16.3. The van der Waals surface area contributed by atoms with E-state index >= 15 is 0 Å². The van der Waals surface area contributed by atoms with Crippen molar-refractivity contribution in [2.45, 2.75) is 51.4 Å². The van der Waals surface area contributed by atoms with Gasteiger partial charge in [-0.15, -0.1) is 0 Å². The van der Waals surface area contributed by atoms with Crippen LogP contribution in [0.25, 0.3) is 11.0 Å². The molecule has 0 bridgehead atoms. The molecule has 2 unspecified atom stereocenters. The van der Waals surface area contributed by atoms with Crippen molar-refractivity contribution in [2.24, 2.45) is 11.3 Å². The number of fused-ring (bicyclic) bond motifs is 1. The number of para-hydroxylation sites is 1. The van der Waals surface area contributed by atoms with Crippen LogP contribution in [0.5, 0.6) is 0 Å². The number of hydrogen-bond acceptors (Lipinski definition) is 4. The molecule has 2 aliphatic rings. The third-order valence-electron chi connectivity index (χ3n) is 6.02. The van der Waals surface area contributed by atoms with Gasteiger partial charge >= 0.3 is 0 Å². The molecule has 130 valence electrons. The average molecular weight is 328 g/mol. The summed E-state index contributed by atoms with van der Waals surface area (Å²) in [6.07, 6.45) is 1.71. The third kappa shape index (κ3) is 2.57. The van der Waals surface area contributed by atoms with Crippen molar-refractivity contribution in [2.75, 3.05) is 13.6 Å². The summed E-state index contributed by atoms with van der Waals surface area (Å²) >= 11 is 0. The Hall–Kier alpha value is -1.36. The van der Waals surface area contributed by atoms with E-state index in [0.717, 1.165) is 36.1 Å². The normalized spacial score (nSPS) is 33.6. The second kappa shape index (κ2) is 5.87. The van der Waals surface area contributed by atoms with Crippen LogP contribution in [0.1, 0.15) is 32.4 Å². The van der Waals surface area contributed by atoms with Gasteiger partial charge in [0, 0.05) is 29.4 Å². The maximum atomic E-state index is 10.6. The minimum Gasteiger partial charge on any atom is -0.460 e. The van der Waals surface area contributed by atoms with Gasteiger partial charge in [-0.25, -0.2) is 0 Å². The van der Waals surface area contributed by atoms with Crippen LogP contribution in [0.3, 0.4) is 0 Å². The summed E-state index contributed by atoms with van der Waals surface area (Å²) in [5.74, 6) is 1.57. The minimum absolute atomic E-state index is 0.160. The molecular formula is C20H28N2O2. The number of nitrogens with one attached hydrogen (secondary N) is 1. The van der Waals surface area contributed by atoms with E-state index in [0.29, 0.717) is 18.5 Å². The van der Waals surface area contributed by atoms with Crippen LogP contribution in [0, 0.1) is 11.3 Å². The lowest BCUT2D eigenvalue weighted by atomic mass is 9.66. The van der Waals surface area contributed by atoms with Gasteiger partial charge in [-0.05, 0) is 37.9 Å². The molecule has 1 aromatic carbocycles. The number of nitrogens with zero attached hydrogens (tertiary/aromatic N) is 1. The Kier molecular flexibility index (Phi) is 3.94. The topological polar surface area (TPSA) is 48.6 Å². The molecule has 4 heteroatoms. The molecule has 2 heterocycles. The summed E-state index contributed by atoms with van der Waals surface area (Å²) in [5, 5.41) is 15.3. The van der Waals surface area contributed by atoms with Crippen LogP contribution < -0.4 is 5.32 Å². The summed E-state index contributed by atoms with van der Waals surface area (Å²) in [6, 6.07) is 10.9. The Morgan fingerprint density at radius 2 is 2.12 bits per heavy atom. The molecule has 1 aliphatic heterocycles. The molecule has 4 rings (SSSR count). The van der Waals surface area contributed by atoms with E-state index in [1.165, 1.54) is 0 Å². The molecule has 1 aromatic heterocycles. The van der Waals surface area contributed by atoms with Gasteiger partial charge in [0.1, 0.15) is 11.3 Å². The molecule has 0 radical (unpaired) electrons. The molecule has 4 atom stereocenters. The number of aliphatic hydroxyl groups excluding tert-OH is 1. The predicted octanol–water partition coefficient (Wildman–Crippen LogP) is 3.00. The fraction of sp³-hybridized carbons (Fsp3) is 0.600. The van der Waals surface area contributed by atoms with Crippen LogP contribution in [0.2, 0.25) is 0 Å². The van der Waals surface area contributed by atoms with Crippen molar-refractivity contribution in [1.29, 1.82) is 0 Å². The monoisotopic (exact) mass is 328 g/mol. The lowest BCUT2D eigenvalue weighted by Gasteiger charge is -2.57. The highest BCUT2D eigenvalue weighted by molar-refractivity contribution is 5.77. The second-order valence-corrected chi connectivity index (χ2v) is 8.18. The van der Waals surface area contributed by atoms with Gasteiger partial charge < -0.3 is 19.7 Å². The molecule has 0 amide bonds. The van der Waals surface area contributed by atoms with Gasteiger partial charge in [0.2, 0.25) is 0 Å². The number of hydrogen-bond donors (Lipinski definition) is 2. The standard InChI is InChI=1S/C20H28N2O2/c1-13(2)19-20(12-22(19)3)9-16(17(23)10-20)21-11-15-8-14-6-4-5-7-18(14)24-15/h4-8,13,16-17,19,21,23H,9-12H2,1-3H3/t16-,17-,19?,20?/m1/s1. The highest BCUT2D eigenvalue weighted by Crippen LogP contribution is 2.52. The van der Waals surface area contributed by atoms with Crippen LogP contribution >= 0.6 is 0 Å². The second-order valence-electron chi connectivity index (χ2n) is 8.18. The fourth-order valence-corrected chi connectivity index (χ4v) is 5.41. The molecule has 4 nitrogen and oxygen atoms in total. The Labute approximate surface area is 143 Å². The summed E-state index contributed by atoms with van der Waals surface area (Å²) in [7, 11) is 2.21. The lowest BCUT2D eigenvalue weighted by Crippen LogP contribution is -2.64. The lowest BCUT2D eigenvalue weighted by molar-refractivity contribution is -0.0828. The zero-order chi connectivity index (χ0) is 16.9. The highest BCUT2D eigenvalue weighted by Gasteiger charge is 2.57. The van der Waals surface area contributed by atoms with E-state index in [4.69, 9.17) is 4.42 Å². The molecule has 1 saturated heterocycles. The first-order chi connectivity index (χ1) is 11.5. The zero-order valence-electron chi connectivity index (χ0n) is 14.8. The Bertz CT molecular complexity index is 687. The van der Waals surface area contributed by atoms with Crippen LogP contribution in [0.4, 0.5) is 0 Å². The van der Waals surface area contributed by atoms with Crippen molar-refractivity contribution in [3.63, 3.8) is 0 Å². The molecule has 1 saturated carbocycles. The van der Waals surface area contributed by atoms with Crippen LogP contribution in [0.15, 0.2) is 34.7 Å². The van der Waals surface area contributed by atoms with Gasteiger partial charge in [-0.1, -0.05) is 32.0 Å². The molecule has 2 aromatic rings. The van der Waals surface area contributed by atoms with Crippen molar-refractivity contribution in [3.8, 4) is 0 Å². The van der Waals surface area contributed by atoms with E-state index < -0.39 is 0 Å². The number of furan rings is 1. The summed E-state index contributed by atoms with van der Waals surface area (Å²) in [5.41, 5.74) is 1.21. The van der Waals surface area contributed by atoms with Gasteiger partial charge in [0.05, 0.1) is 12.6 Å². The number of likely N-dealkylation sites (tertiary alicyclic amines) is 1. The van der Waals surface area contributed by atoms with E-state index in [9.17, 15) is 5.11 Å². The minimum atomic E-state index is -0.260. The average Bonchev–Trinajstić information content (AvgIpc) is 3.05. The summed E-state index contributed by atoms with van der Waals surface area (Å²) in [4.78, 5) is 2.44. The van der Waals surface area contributed by atoms with E-state index in [-0.39, 0.29) is 17.6 Å². The zero-order valence-corrected chi connectivity index (χ0v) is 14.8. The molecular weight excluding hydrogens is 300 g/mol. The van der Waals surface area contributed by atoms with E-state index in [1.54, 1.807) is 0 Å². The van der Waals surface area contributed by atoms with Crippen molar-refractivity contribution < 1.29 is 9.52 Å². The third-order valence-corrected chi connectivity index (χ3v) is 6.02. The molecule has 2 N–H and O–H groups in total. The van der Waals surface area contributed by atoms with Gasteiger partial charge in [0.25, 0.3) is 0 Å². The maximum absolute atomic E-state index is 10.6. The number of rotatable bonds is 4. The van der Waals surface area contributed by atoms with E-state index in [1.807, 2.05) is 18.2 Å². The Balaban J connectivity index is 1.42. The summed E-state index contributed by atoms with van der Waals surface area (Å²) < 4.78 is 5.88. The van der Waals surface area contributed by atoms with Gasteiger partial charge in [-0.2, -0.15) is 0 Å². The van der Waals surface area contributed by atoms with Crippen LogP contribution in [-0.2, 0) is 6.54 Å². The first-order valence-electron chi connectivity index (χ1n) is 9.08. The first-order valence-corrected chi connectivity index (χ1v) is 9.08. The largest absolute Gasteiger partial charge is 0.460 e. The van der Waals surface area contributed by atoms with E-state index in [2.05, 4.69) is 43.2 Å². The Morgan fingerprint density at radius 3 is 2.83 bits per heavy atom. The maximum Gasteiger partial charge on any atom is 0.134 e. The van der Waals surface area contributed by atoms with Gasteiger partial charge in [-0.3, -0.25) is 0 Å². The Morgan fingerprint density at radius 1 is 1.33 bits per heavy atom. The van der Waals surface area contributed by atoms with Gasteiger partial charge in [0.15, 0.2) is 0 Å². The van der Waals surface area contributed by atoms with Crippen molar-refractivity contribution in [1.82, 2.24) is 10.2 Å². The fourth-order valence-electron chi connectivity index (χ4n) is 5.41. The molecule has 2 fully saturated rings. The SMILES string of the molecule is CC(C)C1N(C)CC12C[C@@H](O)[C@H](NCc1cc3ccccc3o1)C2. The van der Waals surface area contributed by atoms with Crippen molar-refractivity contribution >= 4 is 11.0 Å². The molecule has 24 heavy (non-hydrogen) atoms. The predicted molar refractivity (Wildman–Crippen MR) is 95.8 cm³/mol. The summed E-state index contributed by atoms with van der Waals surface area (Å²) in [6.45, 7) is 6.37. The quantitative estimate of drug-likeness (QED) is 0.906. The van der Waals surface area contributed by atoms with Crippen molar-refractivity contribution in [3.05, 3.63) is 36.1 Å². The molecule has 1 aliphatic carbocycles. The smallest absolute Gasteiger partial charge is 0.134 e. The number of benzene rings is 1. The van der Waals surface area contributed by atoms with Crippen LogP contribution in [-0.4, -0.2) is 41.8 Å².